The first-order valence-corrected chi connectivity index (χ1v) is 18.5. The van der Waals surface area contributed by atoms with Gasteiger partial charge in [0.15, 0.2) is 0 Å². The Labute approximate surface area is 318 Å². The van der Waals surface area contributed by atoms with Crippen molar-refractivity contribution in [2.24, 2.45) is 0 Å². The smallest absolute Gasteiger partial charge is 0.0645 e. The standard InChI is InChI=1S/C50H32N2S/c1-2-13-34(14-3-1)41-21-10-16-35-25-29-46-50(49(35)41)44-20-6-8-22-45(44)52(46)38-18-11-17-37(31-38)51(39-26-24-33-12-4-5-15-36(33)30-39)40-27-28-43-42-19-7-9-23-47(42)53-48(43)32-40/h1-32H/i6D,8D,16D,22D,25D. The Morgan fingerprint density at radius 3 is 2.19 bits per heavy atom. The van der Waals surface area contributed by atoms with E-state index < -0.39 is 0 Å². The number of aromatic nitrogens is 1. The SMILES string of the molecule is [2H]c1cc2c3c4c(-c5ccccc5)ccc([2H])c4c([2H])cc3n(-c3cccc(N(c4ccc5ccccc5c4)c4ccc5c(c4)sc4ccccc45)c3)c2c([2H])c1[2H]. The molecule has 2 heterocycles. The average Bonchev–Trinajstić information content (AvgIpc) is 3.78. The van der Waals surface area contributed by atoms with Crippen molar-refractivity contribution in [3.63, 3.8) is 0 Å². The number of anilines is 3. The summed E-state index contributed by atoms with van der Waals surface area (Å²) in [6, 6.07) is 55.5. The summed E-state index contributed by atoms with van der Waals surface area (Å²) in [5.41, 5.74) is 6.60. The molecule has 2 aromatic heterocycles. The predicted octanol–water partition coefficient (Wildman–Crippen LogP) is 14.6. The number of hydrogen-bond acceptors (Lipinski definition) is 2. The topological polar surface area (TPSA) is 8.17 Å². The largest absolute Gasteiger partial charge is 0.310 e. The van der Waals surface area contributed by atoms with E-state index >= 15 is 0 Å². The molecule has 3 heteroatoms. The number of benzene rings is 9. The molecule has 248 valence electrons. The second kappa shape index (κ2) is 11.9. The zero-order valence-electron chi connectivity index (χ0n) is 33.4. The predicted molar refractivity (Wildman–Crippen MR) is 229 cm³/mol. The van der Waals surface area contributed by atoms with Crippen LogP contribution in [0.4, 0.5) is 17.1 Å². The molecule has 0 aliphatic rings. The van der Waals surface area contributed by atoms with Crippen molar-refractivity contribution < 1.29 is 6.85 Å². The molecule has 0 N–H and O–H groups in total. The van der Waals surface area contributed by atoms with Gasteiger partial charge in [0.05, 0.1) is 17.9 Å². The van der Waals surface area contributed by atoms with Crippen LogP contribution in [0, 0.1) is 0 Å². The Bertz CT molecular complexity index is 3480. The molecule has 0 atom stereocenters. The van der Waals surface area contributed by atoms with Crippen LogP contribution >= 0.6 is 11.3 Å². The molecule has 0 aliphatic heterocycles. The molecule has 0 fully saturated rings. The first kappa shape index (κ1) is 25.3. The molecule has 0 saturated heterocycles. The van der Waals surface area contributed by atoms with E-state index in [0.717, 1.165) is 55.4 Å². The van der Waals surface area contributed by atoms with E-state index in [-0.39, 0.29) is 30.2 Å². The highest BCUT2D eigenvalue weighted by molar-refractivity contribution is 7.25. The van der Waals surface area contributed by atoms with Gasteiger partial charge in [0.1, 0.15) is 0 Å². The van der Waals surface area contributed by atoms with E-state index in [2.05, 4.69) is 102 Å². The van der Waals surface area contributed by atoms with Crippen molar-refractivity contribution >= 4 is 91.9 Å². The van der Waals surface area contributed by atoms with E-state index in [4.69, 9.17) is 4.11 Å². The maximum Gasteiger partial charge on any atom is 0.0645 e. The van der Waals surface area contributed by atoms with Gasteiger partial charge >= 0.3 is 0 Å². The number of para-hydroxylation sites is 1. The van der Waals surface area contributed by atoms with Gasteiger partial charge in [0.2, 0.25) is 0 Å². The molecule has 11 aromatic rings. The van der Waals surface area contributed by atoms with Gasteiger partial charge in [-0.25, -0.2) is 0 Å². The Kier molecular flexibility index (Phi) is 5.70. The quantitative estimate of drug-likeness (QED) is 0.174. The van der Waals surface area contributed by atoms with E-state index in [9.17, 15) is 2.74 Å². The van der Waals surface area contributed by atoms with Gasteiger partial charge in [-0.05, 0) is 93.3 Å². The molecule has 9 aromatic carbocycles. The summed E-state index contributed by atoms with van der Waals surface area (Å²) in [7, 11) is 0. The molecule has 2 nitrogen and oxygen atoms in total. The maximum absolute atomic E-state index is 9.36. The molecular formula is C50H32N2S. The van der Waals surface area contributed by atoms with Crippen molar-refractivity contribution in [3.8, 4) is 16.8 Å². The summed E-state index contributed by atoms with van der Waals surface area (Å²) in [4.78, 5) is 2.26. The third-order valence-electron chi connectivity index (χ3n) is 10.4. The summed E-state index contributed by atoms with van der Waals surface area (Å²) < 4.78 is 49.7. The molecule has 0 amide bonds. The lowest BCUT2D eigenvalue weighted by molar-refractivity contribution is 1.17. The summed E-state index contributed by atoms with van der Waals surface area (Å²) in [6.45, 7) is 0. The number of hydrogen-bond donors (Lipinski definition) is 0. The lowest BCUT2D eigenvalue weighted by atomic mass is 9.94. The monoisotopic (exact) mass is 697 g/mol. The zero-order valence-corrected chi connectivity index (χ0v) is 29.2. The van der Waals surface area contributed by atoms with Gasteiger partial charge in [-0.2, -0.15) is 0 Å². The molecule has 0 radical (unpaired) electrons. The van der Waals surface area contributed by atoms with Gasteiger partial charge in [-0.15, -0.1) is 11.3 Å². The lowest BCUT2D eigenvalue weighted by Crippen LogP contribution is -2.10. The van der Waals surface area contributed by atoms with E-state index in [1.807, 2.05) is 53.1 Å². The fourth-order valence-electron chi connectivity index (χ4n) is 8.00. The first-order valence-electron chi connectivity index (χ1n) is 20.2. The van der Waals surface area contributed by atoms with Crippen LogP contribution in [-0.4, -0.2) is 4.57 Å². The van der Waals surface area contributed by atoms with Gasteiger partial charge < -0.3 is 9.47 Å². The third-order valence-corrected chi connectivity index (χ3v) is 11.5. The molecule has 0 spiro atoms. The summed E-state index contributed by atoms with van der Waals surface area (Å²) >= 11 is 1.78. The van der Waals surface area contributed by atoms with Crippen molar-refractivity contribution in [1.82, 2.24) is 4.57 Å². The normalized spacial score (nSPS) is 13.1. The highest BCUT2D eigenvalue weighted by Gasteiger charge is 2.20. The summed E-state index contributed by atoms with van der Waals surface area (Å²) in [5, 5.41) is 7.36. The summed E-state index contributed by atoms with van der Waals surface area (Å²) in [5.74, 6) is 0. The minimum Gasteiger partial charge on any atom is -0.310 e. The van der Waals surface area contributed by atoms with Crippen LogP contribution in [0.2, 0.25) is 0 Å². The second-order valence-electron chi connectivity index (χ2n) is 13.4. The van der Waals surface area contributed by atoms with Crippen LogP contribution < -0.4 is 4.90 Å². The number of rotatable bonds is 5. The van der Waals surface area contributed by atoms with Crippen LogP contribution in [0.25, 0.3) is 80.3 Å². The lowest BCUT2D eigenvalue weighted by Gasteiger charge is -2.26. The van der Waals surface area contributed by atoms with Crippen molar-refractivity contribution in [2.75, 3.05) is 4.90 Å². The van der Waals surface area contributed by atoms with Gasteiger partial charge in [0.25, 0.3) is 0 Å². The van der Waals surface area contributed by atoms with Crippen LogP contribution in [0.5, 0.6) is 0 Å². The molecule has 0 aliphatic carbocycles. The average molecular weight is 698 g/mol. The second-order valence-corrected chi connectivity index (χ2v) is 14.4. The molecule has 0 bridgehead atoms. The summed E-state index contributed by atoms with van der Waals surface area (Å²) in [6.07, 6.45) is 0. The Morgan fingerprint density at radius 2 is 1.25 bits per heavy atom. The molecule has 0 unspecified atom stereocenters. The Balaban J connectivity index is 1.21. The molecule has 0 saturated carbocycles. The number of fused-ring (bicyclic) bond motifs is 9. The number of thiophene rings is 1. The minimum absolute atomic E-state index is 0.0456. The van der Waals surface area contributed by atoms with Crippen molar-refractivity contribution in [2.45, 2.75) is 0 Å². The van der Waals surface area contributed by atoms with Crippen molar-refractivity contribution in [1.29, 1.82) is 0 Å². The van der Waals surface area contributed by atoms with Crippen LogP contribution in [0.1, 0.15) is 6.85 Å². The maximum atomic E-state index is 9.36. The highest BCUT2D eigenvalue weighted by Crippen LogP contribution is 2.44. The Hall–Kier alpha value is -6.68. The van der Waals surface area contributed by atoms with Crippen LogP contribution in [0.15, 0.2) is 194 Å². The van der Waals surface area contributed by atoms with Crippen molar-refractivity contribution in [3.05, 3.63) is 194 Å². The van der Waals surface area contributed by atoms with E-state index in [0.29, 0.717) is 21.8 Å². The van der Waals surface area contributed by atoms with Crippen LogP contribution in [-0.2, 0) is 0 Å². The van der Waals surface area contributed by atoms with Gasteiger partial charge in [-0.3, -0.25) is 0 Å². The highest BCUT2D eigenvalue weighted by atomic mass is 32.1. The zero-order chi connectivity index (χ0) is 39.2. The number of nitrogens with zero attached hydrogens (tertiary/aromatic N) is 2. The fraction of sp³-hybridized carbons (Fsp3) is 0. The first-order chi connectivity index (χ1) is 28.3. The van der Waals surface area contributed by atoms with E-state index in [1.165, 1.54) is 20.2 Å². The van der Waals surface area contributed by atoms with Gasteiger partial charge in [-0.1, -0.05) is 133 Å². The molecule has 11 rings (SSSR count). The van der Waals surface area contributed by atoms with E-state index in [1.54, 1.807) is 29.5 Å². The van der Waals surface area contributed by atoms with Gasteiger partial charge in [0, 0.05) is 53.7 Å². The minimum atomic E-state index is -0.165. The molecular weight excluding hydrogens is 661 g/mol. The third kappa shape index (κ3) is 4.78. The van der Waals surface area contributed by atoms with Crippen LogP contribution in [0.3, 0.4) is 0 Å². The molecule has 53 heavy (non-hydrogen) atoms. The fourth-order valence-corrected chi connectivity index (χ4v) is 9.14. The Morgan fingerprint density at radius 1 is 0.453 bits per heavy atom.